The van der Waals surface area contributed by atoms with Crippen molar-refractivity contribution in [1.29, 1.82) is 0 Å². The third kappa shape index (κ3) is 1.56. The molecule has 0 radical (unpaired) electrons. The summed E-state index contributed by atoms with van der Waals surface area (Å²) in [5, 5.41) is 7.01. The highest BCUT2D eigenvalue weighted by molar-refractivity contribution is 7.90. The largest absolute Gasteiger partial charge is 0.281 e. The van der Waals surface area contributed by atoms with Crippen molar-refractivity contribution in [1.82, 2.24) is 10.2 Å². The first kappa shape index (κ1) is 9.71. The minimum atomic E-state index is -2.88. The second-order valence-electron chi connectivity index (χ2n) is 4.06. The van der Waals surface area contributed by atoms with Gasteiger partial charge in [-0.05, 0) is 17.9 Å². The molecule has 2 rings (SSSR count). The summed E-state index contributed by atoms with van der Waals surface area (Å²) in [5.74, 6) is 0.747. The minimum absolute atomic E-state index is 0.127. The minimum Gasteiger partial charge on any atom is -0.281 e. The molecule has 1 aliphatic heterocycles. The molecule has 1 aromatic rings. The van der Waals surface area contributed by atoms with Crippen LogP contribution >= 0.6 is 0 Å². The molecule has 4 nitrogen and oxygen atoms in total. The average Bonchev–Trinajstić information content (AvgIpc) is 2.44. The molecule has 0 fully saturated rings. The van der Waals surface area contributed by atoms with Crippen LogP contribution < -0.4 is 0 Å². The Morgan fingerprint density at radius 1 is 1.43 bits per heavy atom. The zero-order valence-corrected chi connectivity index (χ0v) is 9.19. The molecule has 0 aliphatic carbocycles. The van der Waals surface area contributed by atoms with Crippen LogP contribution in [0.5, 0.6) is 0 Å². The first-order valence-electron chi connectivity index (χ1n) is 4.76. The van der Waals surface area contributed by atoms with Crippen molar-refractivity contribution in [3.8, 4) is 0 Å². The van der Waals surface area contributed by atoms with Gasteiger partial charge in [-0.25, -0.2) is 8.42 Å². The lowest BCUT2D eigenvalue weighted by Crippen LogP contribution is -2.19. The zero-order valence-electron chi connectivity index (χ0n) is 8.37. The van der Waals surface area contributed by atoms with Gasteiger partial charge in [-0.1, -0.05) is 13.8 Å². The normalized spacial score (nSPS) is 19.6. The second kappa shape index (κ2) is 3.08. The van der Waals surface area contributed by atoms with Crippen LogP contribution in [0.15, 0.2) is 0 Å². The fraction of sp³-hybridized carbons (Fsp3) is 0.667. The predicted octanol–water partition coefficient (Wildman–Crippen LogP) is 1.00. The number of nitrogens with zero attached hydrogens (tertiary/aromatic N) is 1. The Labute approximate surface area is 83.6 Å². The molecule has 1 aliphatic rings. The van der Waals surface area contributed by atoms with Crippen LogP contribution in [0.3, 0.4) is 0 Å². The third-order valence-corrected chi connectivity index (χ3v) is 4.11. The Hall–Kier alpha value is -0.840. The summed E-state index contributed by atoms with van der Waals surface area (Å²) in [6.45, 7) is 4.14. The fourth-order valence-electron chi connectivity index (χ4n) is 1.84. The van der Waals surface area contributed by atoms with E-state index in [0.29, 0.717) is 12.3 Å². The monoisotopic (exact) mass is 214 g/mol. The van der Waals surface area contributed by atoms with Gasteiger partial charge in [0, 0.05) is 0 Å². The van der Waals surface area contributed by atoms with E-state index in [0.717, 1.165) is 17.0 Å². The number of rotatable bonds is 1. The number of hydrogen-bond donors (Lipinski definition) is 1. The standard InChI is InChI=1S/C9H14N2O2S/c1-6(2)9-7-3-4-14(12,13)5-8(7)10-11-9/h6H,3-5H2,1-2H3,(H,10,11). The van der Waals surface area contributed by atoms with Crippen LogP contribution in [0.2, 0.25) is 0 Å². The first-order valence-corrected chi connectivity index (χ1v) is 6.58. The molecular weight excluding hydrogens is 200 g/mol. The maximum absolute atomic E-state index is 11.3. The molecule has 0 amide bonds. The quantitative estimate of drug-likeness (QED) is 0.758. The second-order valence-corrected chi connectivity index (χ2v) is 6.25. The van der Waals surface area contributed by atoms with E-state index in [4.69, 9.17) is 0 Å². The molecule has 0 aromatic carbocycles. The van der Waals surface area contributed by atoms with Gasteiger partial charge in [-0.3, -0.25) is 5.10 Å². The van der Waals surface area contributed by atoms with Gasteiger partial charge in [0.25, 0.3) is 0 Å². The van der Waals surface area contributed by atoms with Gasteiger partial charge in [-0.2, -0.15) is 5.10 Å². The summed E-state index contributed by atoms with van der Waals surface area (Å²) in [6.07, 6.45) is 0.613. The van der Waals surface area contributed by atoms with Crippen molar-refractivity contribution >= 4 is 9.84 Å². The van der Waals surface area contributed by atoms with Crippen LogP contribution in [0.4, 0.5) is 0 Å². The lowest BCUT2D eigenvalue weighted by Gasteiger charge is -2.13. The third-order valence-electron chi connectivity index (χ3n) is 2.56. The van der Waals surface area contributed by atoms with E-state index < -0.39 is 9.84 Å². The highest BCUT2D eigenvalue weighted by atomic mass is 32.2. The van der Waals surface area contributed by atoms with Crippen molar-refractivity contribution in [2.75, 3.05) is 5.75 Å². The van der Waals surface area contributed by atoms with E-state index in [1.807, 2.05) is 0 Å². The molecule has 1 aromatic heterocycles. The smallest absolute Gasteiger partial charge is 0.156 e. The lowest BCUT2D eigenvalue weighted by molar-refractivity contribution is 0.590. The van der Waals surface area contributed by atoms with Crippen molar-refractivity contribution in [2.24, 2.45) is 0 Å². The van der Waals surface area contributed by atoms with Crippen molar-refractivity contribution < 1.29 is 8.42 Å². The van der Waals surface area contributed by atoms with E-state index in [-0.39, 0.29) is 11.5 Å². The van der Waals surface area contributed by atoms with Crippen LogP contribution in [0, 0.1) is 0 Å². The van der Waals surface area contributed by atoms with Gasteiger partial charge < -0.3 is 0 Å². The van der Waals surface area contributed by atoms with Gasteiger partial charge in [0.1, 0.15) is 0 Å². The van der Waals surface area contributed by atoms with E-state index in [1.165, 1.54) is 0 Å². The molecule has 0 atom stereocenters. The molecule has 5 heteroatoms. The summed E-state index contributed by atoms with van der Waals surface area (Å²) in [7, 11) is -2.88. The fourth-order valence-corrected chi connectivity index (χ4v) is 3.18. The van der Waals surface area contributed by atoms with Crippen LogP contribution in [-0.4, -0.2) is 24.4 Å². The van der Waals surface area contributed by atoms with E-state index >= 15 is 0 Å². The van der Waals surface area contributed by atoms with E-state index in [1.54, 1.807) is 0 Å². The number of sulfone groups is 1. The van der Waals surface area contributed by atoms with Gasteiger partial charge in [0.05, 0.1) is 22.9 Å². The molecule has 78 valence electrons. The van der Waals surface area contributed by atoms with Gasteiger partial charge >= 0.3 is 0 Å². The molecule has 14 heavy (non-hydrogen) atoms. The number of aromatic amines is 1. The number of hydrogen-bond acceptors (Lipinski definition) is 3. The Balaban J connectivity index is 2.44. The first-order chi connectivity index (χ1) is 6.49. The topological polar surface area (TPSA) is 62.8 Å². The Kier molecular flexibility index (Phi) is 2.14. The number of H-pyrrole nitrogens is 1. The predicted molar refractivity (Wildman–Crippen MR) is 53.9 cm³/mol. The highest BCUT2D eigenvalue weighted by Gasteiger charge is 2.26. The number of aromatic nitrogens is 2. The van der Waals surface area contributed by atoms with Crippen LogP contribution in [-0.2, 0) is 22.0 Å². The number of nitrogens with one attached hydrogen (secondary N) is 1. The van der Waals surface area contributed by atoms with Crippen LogP contribution in [0.1, 0.15) is 36.7 Å². The van der Waals surface area contributed by atoms with E-state index in [9.17, 15) is 8.42 Å². The summed E-state index contributed by atoms with van der Waals surface area (Å²) in [5.41, 5.74) is 2.93. The van der Waals surface area contributed by atoms with Crippen LogP contribution in [0.25, 0.3) is 0 Å². The molecule has 0 unspecified atom stereocenters. The lowest BCUT2D eigenvalue weighted by atomic mass is 10.0. The molecule has 2 heterocycles. The molecule has 1 N–H and O–H groups in total. The van der Waals surface area contributed by atoms with Gasteiger partial charge in [-0.15, -0.1) is 0 Å². The van der Waals surface area contributed by atoms with E-state index in [2.05, 4.69) is 24.0 Å². The Morgan fingerprint density at radius 3 is 2.79 bits per heavy atom. The summed E-state index contributed by atoms with van der Waals surface area (Å²) < 4.78 is 22.7. The Bertz CT molecular complexity index is 445. The van der Waals surface area contributed by atoms with Crippen molar-refractivity contribution in [3.05, 3.63) is 17.0 Å². The maximum Gasteiger partial charge on any atom is 0.156 e. The van der Waals surface area contributed by atoms with Gasteiger partial charge in [0.2, 0.25) is 0 Å². The Morgan fingerprint density at radius 2 is 2.14 bits per heavy atom. The summed E-state index contributed by atoms with van der Waals surface area (Å²) in [6, 6.07) is 0. The SMILES string of the molecule is CC(C)c1n[nH]c2c1CCS(=O)(=O)C2. The summed E-state index contributed by atoms with van der Waals surface area (Å²) >= 11 is 0. The molecule has 0 saturated carbocycles. The average molecular weight is 214 g/mol. The van der Waals surface area contributed by atoms with Gasteiger partial charge in [0.15, 0.2) is 9.84 Å². The maximum atomic E-state index is 11.3. The molecule has 0 saturated heterocycles. The summed E-state index contributed by atoms with van der Waals surface area (Å²) in [4.78, 5) is 0. The highest BCUT2D eigenvalue weighted by Crippen LogP contribution is 2.25. The van der Waals surface area contributed by atoms with Crippen molar-refractivity contribution in [3.63, 3.8) is 0 Å². The molecule has 0 bridgehead atoms. The number of fused-ring (bicyclic) bond motifs is 1. The van der Waals surface area contributed by atoms with Crippen molar-refractivity contribution in [2.45, 2.75) is 31.9 Å². The molecule has 0 spiro atoms. The zero-order chi connectivity index (χ0) is 10.3. The molecular formula is C9H14N2O2S.